The lowest BCUT2D eigenvalue weighted by Crippen LogP contribution is -2.07. The minimum Gasteiger partial charge on any atom is -0.309 e. The number of rotatable bonds is 7. The van der Waals surface area contributed by atoms with Crippen LogP contribution in [0.15, 0.2) is 176 Å². The van der Waals surface area contributed by atoms with E-state index in [1.54, 1.807) is 0 Å². The maximum absolute atomic E-state index is 5.19. The molecular formula is C46H33N5. The number of fused-ring (bicyclic) bond motifs is 6. The quantitative estimate of drug-likeness (QED) is 0.161. The van der Waals surface area contributed by atoms with E-state index in [1.807, 2.05) is 60.7 Å². The summed E-state index contributed by atoms with van der Waals surface area (Å²) in [6.45, 7) is 6.27. The number of allylic oxidation sites excluding steroid dienone is 5. The average Bonchev–Trinajstić information content (AvgIpc) is 3.70. The largest absolute Gasteiger partial charge is 0.309 e. The second-order valence-electron chi connectivity index (χ2n) is 12.6. The molecule has 9 rings (SSSR count). The van der Waals surface area contributed by atoms with Crippen LogP contribution in [0.1, 0.15) is 18.3 Å². The first-order valence-electron chi connectivity index (χ1n) is 17.1. The molecule has 9 aromatic rings. The van der Waals surface area contributed by atoms with Gasteiger partial charge in [-0.1, -0.05) is 140 Å². The van der Waals surface area contributed by atoms with Gasteiger partial charge in [0.15, 0.2) is 11.6 Å². The number of aromatic nitrogens is 5. The van der Waals surface area contributed by atoms with Crippen molar-refractivity contribution in [3.8, 4) is 23.0 Å². The minimum atomic E-state index is 0.549. The monoisotopic (exact) mass is 655 g/mol. The van der Waals surface area contributed by atoms with E-state index in [1.165, 1.54) is 5.39 Å². The van der Waals surface area contributed by atoms with Crippen molar-refractivity contribution >= 4 is 54.8 Å². The summed E-state index contributed by atoms with van der Waals surface area (Å²) in [7, 11) is 0. The molecule has 0 N–H and O–H groups in total. The zero-order valence-electron chi connectivity index (χ0n) is 28.1. The van der Waals surface area contributed by atoms with Crippen molar-refractivity contribution in [2.24, 2.45) is 0 Å². The van der Waals surface area contributed by atoms with Gasteiger partial charge in [0.05, 0.1) is 22.1 Å². The van der Waals surface area contributed by atoms with E-state index < -0.39 is 0 Å². The lowest BCUT2D eigenvalue weighted by Gasteiger charge is -2.11. The molecule has 0 atom stereocenters. The Labute approximate surface area is 295 Å². The summed E-state index contributed by atoms with van der Waals surface area (Å²) in [4.78, 5) is 15.4. The summed E-state index contributed by atoms with van der Waals surface area (Å²) in [6, 6.07) is 52.7. The van der Waals surface area contributed by atoms with Gasteiger partial charge in [-0.15, -0.1) is 0 Å². The molecule has 0 saturated heterocycles. The van der Waals surface area contributed by atoms with Crippen LogP contribution >= 0.6 is 0 Å². The third-order valence-corrected chi connectivity index (χ3v) is 9.56. The number of benzene rings is 6. The standard InChI is InChI=1S/C46H33N5/c1-3-32(28-27-31(2)33-17-7-4-8-18-33)44-47-45(34-19-9-5-10-20-34)49-46(48-44)51-41-26-16-14-24-37(41)39-29-42-38(30-43(39)51)36-23-13-15-25-40(36)50(42)35-21-11-6-12-22-35/h3-30H,1H2,2H3/b31-27+,32-28+. The molecule has 51 heavy (non-hydrogen) atoms. The fraction of sp³-hybridized carbons (Fsp3) is 0.0217. The molecule has 6 aromatic carbocycles. The first-order valence-corrected chi connectivity index (χ1v) is 17.1. The van der Waals surface area contributed by atoms with Crippen molar-refractivity contribution in [2.75, 3.05) is 0 Å². The first-order chi connectivity index (χ1) is 25.2. The summed E-state index contributed by atoms with van der Waals surface area (Å²) in [5.74, 6) is 1.70. The van der Waals surface area contributed by atoms with E-state index in [0.29, 0.717) is 17.6 Å². The average molecular weight is 656 g/mol. The SMILES string of the molecule is C=C/C(=C\C=C(/C)c1ccccc1)c1nc(-c2ccccc2)nc(-n2c3ccccc3c3cc4c(cc32)c2ccccc2n4-c2ccccc2)n1. The molecule has 3 aromatic heterocycles. The molecule has 0 spiro atoms. The Morgan fingerprint density at radius 2 is 1.08 bits per heavy atom. The Morgan fingerprint density at radius 3 is 1.73 bits per heavy atom. The minimum absolute atomic E-state index is 0.549. The van der Waals surface area contributed by atoms with Gasteiger partial charge in [-0.25, -0.2) is 4.98 Å². The summed E-state index contributed by atoms with van der Waals surface area (Å²) in [5, 5.41) is 4.61. The van der Waals surface area contributed by atoms with Crippen molar-refractivity contribution in [1.29, 1.82) is 0 Å². The van der Waals surface area contributed by atoms with E-state index in [-0.39, 0.29) is 0 Å². The maximum atomic E-state index is 5.19. The van der Waals surface area contributed by atoms with Gasteiger partial charge in [-0.05, 0) is 54.5 Å². The second kappa shape index (κ2) is 12.6. The number of para-hydroxylation sites is 3. The van der Waals surface area contributed by atoms with Crippen LogP contribution < -0.4 is 0 Å². The van der Waals surface area contributed by atoms with Gasteiger partial charge in [0.1, 0.15) is 0 Å². The molecular weight excluding hydrogens is 623 g/mol. The fourth-order valence-corrected chi connectivity index (χ4v) is 7.06. The van der Waals surface area contributed by atoms with Crippen LogP contribution in [0.2, 0.25) is 0 Å². The molecule has 0 aliphatic rings. The molecule has 0 saturated carbocycles. The van der Waals surface area contributed by atoms with E-state index in [4.69, 9.17) is 15.0 Å². The Kier molecular flexibility index (Phi) is 7.44. The molecule has 5 heteroatoms. The normalized spacial score (nSPS) is 12.3. The van der Waals surface area contributed by atoms with Crippen LogP contribution in [-0.2, 0) is 0 Å². The summed E-state index contributed by atoms with van der Waals surface area (Å²) in [6.07, 6.45) is 5.95. The Hall–Kier alpha value is -6.85. The highest BCUT2D eigenvalue weighted by Crippen LogP contribution is 2.39. The zero-order chi connectivity index (χ0) is 34.3. The van der Waals surface area contributed by atoms with E-state index >= 15 is 0 Å². The fourth-order valence-electron chi connectivity index (χ4n) is 7.06. The van der Waals surface area contributed by atoms with Gasteiger partial charge in [0.2, 0.25) is 5.95 Å². The van der Waals surface area contributed by atoms with Gasteiger partial charge in [-0.2, -0.15) is 9.97 Å². The molecule has 0 aliphatic carbocycles. The van der Waals surface area contributed by atoms with Crippen LogP contribution in [0.4, 0.5) is 0 Å². The summed E-state index contributed by atoms with van der Waals surface area (Å²) in [5.41, 5.74) is 9.50. The molecule has 0 amide bonds. The molecule has 5 nitrogen and oxygen atoms in total. The number of hydrogen-bond acceptors (Lipinski definition) is 3. The van der Waals surface area contributed by atoms with E-state index in [9.17, 15) is 0 Å². The van der Waals surface area contributed by atoms with Gasteiger partial charge in [0.25, 0.3) is 0 Å². The molecule has 3 heterocycles. The smallest absolute Gasteiger partial charge is 0.238 e. The molecule has 0 bridgehead atoms. The van der Waals surface area contributed by atoms with Crippen molar-refractivity contribution in [3.05, 3.63) is 188 Å². The summed E-state index contributed by atoms with van der Waals surface area (Å²) >= 11 is 0. The van der Waals surface area contributed by atoms with Gasteiger partial charge in [0, 0.05) is 38.4 Å². The first kappa shape index (κ1) is 30.2. The van der Waals surface area contributed by atoms with Gasteiger partial charge in [-0.3, -0.25) is 4.57 Å². The lowest BCUT2D eigenvalue weighted by atomic mass is 10.1. The number of hydrogen-bond donors (Lipinski definition) is 0. The molecule has 0 aliphatic heterocycles. The Bertz CT molecular complexity index is 2810. The molecule has 242 valence electrons. The van der Waals surface area contributed by atoms with Crippen LogP contribution in [0, 0.1) is 0 Å². The van der Waals surface area contributed by atoms with Crippen molar-refractivity contribution in [1.82, 2.24) is 24.1 Å². The maximum Gasteiger partial charge on any atom is 0.238 e. The highest BCUT2D eigenvalue weighted by Gasteiger charge is 2.21. The second-order valence-corrected chi connectivity index (χ2v) is 12.6. The third-order valence-electron chi connectivity index (χ3n) is 9.56. The predicted molar refractivity (Wildman–Crippen MR) is 212 cm³/mol. The topological polar surface area (TPSA) is 48.5 Å². The highest BCUT2D eigenvalue weighted by atomic mass is 15.2. The molecule has 0 radical (unpaired) electrons. The lowest BCUT2D eigenvalue weighted by molar-refractivity contribution is 0.933. The Morgan fingerprint density at radius 1 is 0.529 bits per heavy atom. The van der Waals surface area contributed by atoms with Gasteiger partial charge >= 0.3 is 0 Å². The Balaban J connectivity index is 1.32. The van der Waals surface area contributed by atoms with Crippen LogP contribution in [0.25, 0.3) is 77.8 Å². The third kappa shape index (κ3) is 5.23. The number of nitrogens with zero attached hydrogens (tertiary/aromatic N) is 5. The predicted octanol–water partition coefficient (Wildman–Crippen LogP) is 11.4. The van der Waals surface area contributed by atoms with Crippen molar-refractivity contribution in [2.45, 2.75) is 6.92 Å². The van der Waals surface area contributed by atoms with Crippen LogP contribution in [-0.4, -0.2) is 24.1 Å². The van der Waals surface area contributed by atoms with E-state index in [2.05, 4.69) is 132 Å². The zero-order valence-corrected chi connectivity index (χ0v) is 28.1. The molecule has 0 fully saturated rings. The van der Waals surface area contributed by atoms with E-state index in [0.717, 1.165) is 66.2 Å². The van der Waals surface area contributed by atoms with Crippen molar-refractivity contribution < 1.29 is 0 Å². The van der Waals surface area contributed by atoms with Gasteiger partial charge < -0.3 is 4.57 Å². The summed E-state index contributed by atoms with van der Waals surface area (Å²) < 4.78 is 4.54. The van der Waals surface area contributed by atoms with Crippen LogP contribution in [0.3, 0.4) is 0 Å². The molecule has 0 unspecified atom stereocenters. The highest BCUT2D eigenvalue weighted by molar-refractivity contribution is 6.18. The van der Waals surface area contributed by atoms with Crippen LogP contribution in [0.5, 0.6) is 0 Å². The van der Waals surface area contributed by atoms with Crippen molar-refractivity contribution in [3.63, 3.8) is 0 Å².